The molecule has 56 valence electrons. The summed E-state index contributed by atoms with van der Waals surface area (Å²) in [7, 11) is 0. The molecule has 0 aliphatic rings. The summed E-state index contributed by atoms with van der Waals surface area (Å²) in [6.07, 6.45) is 0. The second-order valence-electron chi connectivity index (χ2n) is 1.12. The lowest BCUT2D eigenvalue weighted by Gasteiger charge is -1.86. The van der Waals surface area contributed by atoms with Crippen molar-refractivity contribution in [2.24, 2.45) is 0 Å². The van der Waals surface area contributed by atoms with E-state index in [-0.39, 0.29) is 4.49 Å². The Kier molecular flexibility index (Phi) is 14.8. The maximum absolute atomic E-state index is 4.85. The van der Waals surface area contributed by atoms with Gasteiger partial charge in [0.15, 0.2) is 0 Å². The van der Waals surface area contributed by atoms with E-state index in [1.54, 1.807) is 0 Å². The van der Waals surface area contributed by atoms with Crippen molar-refractivity contribution >= 4 is 23.2 Å². The predicted molar refractivity (Wildman–Crippen MR) is 43.0 cm³/mol. The number of halogens is 2. The fourth-order valence-corrected chi connectivity index (χ4v) is 0.204. The van der Waals surface area contributed by atoms with Crippen molar-refractivity contribution in [2.45, 2.75) is 13.8 Å². The van der Waals surface area contributed by atoms with Gasteiger partial charge in [-0.15, -0.1) is 0 Å². The molecule has 0 aliphatic heterocycles. The fraction of sp³-hybridized carbons (Fsp3) is 0.667. The highest BCUT2D eigenvalue weighted by molar-refractivity contribution is 6.55. The fourth-order valence-electron chi connectivity index (χ4n) is 0.204. The van der Waals surface area contributed by atoms with Crippen LogP contribution in [0.25, 0.3) is 0 Å². The van der Waals surface area contributed by atoms with Gasteiger partial charge in [-0.25, -0.2) is 0 Å². The van der Waals surface area contributed by atoms with Gasteiger partial charge in [0.1, 0.15) is 0 Å². The molecule has 0 aromatic carbocycles. The second kappa shape index (κ2) is 11.1. The molecule has 0 fully saturated rings. The quantitative estimate of drug-likeness (QED) is 0.620. The number of hydrogen-bond donors (Lipinski definition) is 0. The molecule has 0 unspecified atom stereocenters. The van der Waals surface area contributed by atoms with Crippen LogP contribution >= 0.6 is 23.2 Å². The molecule has 9 heavy (non-hydrogen) atoms. The molecule has 1 nitrogen and oxygen atoms in total. The van der Waals surface area contributed by atoms with E-state index in [2.05, 4.69) is 6.58 Å². The first-order valence-electron chi connectivity index (χ1n) is 2.72. The molecular weight excluding hydrogens is 159 g/mol. The van der Waals surface area contributed by atoms with E-state index in [0.717, 1.165) is 13.2 Å². The molecule has 0 radical (unpaired) electrons. The van der Waals surface area contributed by atoms with E-state index in [9.17, 15) is 0 Å². The monoisotopic (exact) mass is 170 g/mol. The molecule has 0 aromatic rings. The molecule has 0 spiro atoms. The van der Waals surface area contributed by atoms with Crippen LogP contribution < -0.4 is 0 Å². The van der Waals surface area contributed by atoms with Crippen molar-refractivity contribution in [1.82, 2.24) is 0 Å². The van der Waals surface area contributed by atoms with Crippen molar-refractivity contribution in [3.05, 3.63) is 11.1 Å². The smallest absolute Gasteiger partial charge is 0.0992 e. The lowest BCUT2D eigenvalue weighted by atomic mass is 10.8. The normalized spacial score (nSPS) is 7.56. The Labute approximate surface area is 66.6 Å². The molecule has 0 amide bonds. The predicted octanol–water partition coefficient (Wildman–Crippen LogP) is 2.98. The average molecular weight is 171 g/mol. The Morgan fingerprint density at radius 2 is 1.56 bits per heavy atom. The lowest BCUT2D eigenvalue weighted by Crippen LogP contribution is -1.84. The van der Waals surface area contributed by atoms with Gasteiger partial charge in [0.2, 0.25) is 0 Å². The van der Waals surface area contributed by atoms with Crippen LogP contribution in [0.4, 0.5) is 0 Å². The largest absolute Gasteiger partial charge is 0.382 e. The average Bonchev–Trinajstić information content (AvgIpc) is 1.66. The highest BCUT2D eigenvalue weighted by atomic mass is 35.5. The highest BCUT2D eigenvalue weighted by Gasteiger charge is 1.64. The van der Waals surface area contributed by atoms with Gasteiger partial charge in [-0.2, -0.15) is 0 Å². The first-order valence-corrected chi connectivity index (χ1v) is 3.48. The van der Waals surface area contributed by atoms with Crippen LogP contribution in [0, 0.1) is 0 Å². The molecule has 0 rings (SSSR count). The van der Waals surface area contributed by atoms with Crippen LogP contribution in [0.2, 0.25) is 0 Å². The minimum Gasteiger partial charge on any atom is -0.382 e. The van der Waals surface area contributed by atoms with Gasteiger partial charge in [0.05, 0.1) is 4.49 Å². The van der Waals surface area contributed by atoms with Crippen molar-refractivity contribution < 1.29 is 4.74 Å². The highest BCUT2D eigenvalue weighted by Crippen LogP contribution is 1.98. The van der Waals surface area contributed by atoms with Crippen LogP contribution in [0.3, 0.4) is 0 Å². The van der Waals surface area contributed by atoms with Crippen LogP contribution in [0.15, 0.2) is 11.1 Å². The maximum atomic E-state index is 4.85. The van der Waals surface area contributed by atoms with Gasteiger partial charge in [-0.05, 0) is 13.8 Å². The van der Waals surface area contributed by atoms with Crippen molar-refractivity contribution in [2.75, 3.05) is 13.2 Å². The zero-order valence-electron chi connectivity index (χ0n) is 5.79. The molecule has 3 heteroatoms. The summed E-state index contributed by atoms with van der Waals surface area (Å²) >= 11 is 9.69. The Morgan fingerprint density at radius 1 is 1.33 bits per heavy atom. The van der Waals surface area contributed by atoms with Gasteiger partial charge in [0.25, 0.3) is 0 Å². The standard InChI is InChI=1S/C4H10O.C2H2Cl2/c1-3-5-4-2;1-2(3)4/h3-4H2,1-2H3;1H2. The number of hydrogen-bond acceptors (Lipinski definition) is 1. The molecule has 0 saturated carbocycles. The molecule has 0 aliphatic carbocycles. The lowest BCUT2D eigenvalue weighted by molar-refractivity contribution is 0.162. The summed E-state index contributed by atoms with van der Waals surface area (Å²) in [5.41, 5.74) is 0. The Bertz CT molecular complexity index is 58.1. The van der Waals surface area contributed by atoms with E-state index in [1.165, 1.54) is 0 Å². The van der Waals surface area contributed by atoms with Gasteiger partial charge in [-0.1, -0.05) is 29.8 Å². The van der Waals surface area contributed by atoms with Crippen LogP contribution in [0.1, 0.15) is 13.8 Å². The summed E-state index contributed by atoms with van der Waals surface area (Å²) in [5.74, 6) is 0. The van der Waals surface area contributed by atoms with Crippen LogP contribution in [-0.2, 0) is 4.74 Å². The topological polar surface area (TPSA) is 9.23 Å². The van der Waals surface area contributed by atoms with Crippen LogP contribution in [0.5, 0.6) is 0 Å². The molecular formula is C6H12Cl2O. The van der Waals surface area contributed by atoms with E-state index in [0.29, 0.717) is 0 Å². The second-order valence-corrected chi connectivity index (χ2v) is 2.23. The Morgan fingerprint density at radius 3 is 1.56 bits per heavy atom. The Balaban J connectivity index is 0. The number of ether oxygens (including phenoxy) is 1. The van der Waals surface area contributed by atoms with Gasteiger partial charge < -0.3 is 4.74 Å². The summed E-state index contributed by atoms with van der Waals surface area (Å²) in [4.78, 5) is 0. The van der Waals surface area contributed by atoms with E-state index in [4.69, 9.17) is 27.9 Å². The minimum absolute atomic E-state index is 0.111. The molecule has 0 bridgehead atoms. The van der Waals surface area contributed by atoms with Gasteiger partial charge >= 0.3 is 0 Å². The first kappa shape index (κ1) is 12.0. The summed E-state index contributed by atoms with van der Waals surface area (Å²) in [5, 5.41) is 0. The van der Waals surface area contributed by atoms with E-state index in [1.807, 2.05) is 13.8 Å². The molecule has 0 N–H and O–H groups in total. The minimum atomic E-state index is 0.111. The first-order chi connectivity index (χ1) is 4.15. The number of rotatable bonds is 2. The van der Waals surface area contributed by atoms with Crippen molar-refractivity contribution in [1.29, 1.82) is 0 Å². The van der Waals surface area contributed by atoms with Crippen molar-refractivity contribution in [3.8, 4) is 0 Å². The van der Waals surface area contributed by atoms with E-state index < -0.39 is 0 Å². The third-order valence-electron chi connectivity index (χ3n) is 0.408. The summed E-state index contributed by atoms with van der Waals surface area (Å²) < 4.78 is 4.94. The van der Waals surface area contributed by atoms with Gasteiger partial charge in [0, 0.05) is 13.2 Å². The van der Waals surface area contributed by atoms with Crippen LogP contribution in [-0.4, -0.2) is 13.2 Å². The third-order valence-corrected chi connectivity index (χ3v) is 0.408. The zero-order valence-corrected chi connectivity index (χ0v) is 7.30. The summed E-state index contributed by atoms with van der Waals surface area (Å²) in [6, 6.07) is 0. The van der Waals surface area contributed by atoms with Crippen molar-refractivity contribution in [3.63, 3.8) is 0 Å². The summed E-state index contributed by atoms with van der Waals surface area (Å²) in [6.45, 7) is 8.75. The molecule has 0 aromatic heterocycles. The Hall–Kier alpha value is 0.280. The SMILES string of the molecule is C=C(Cl)Cl.CCOCC. The molecule has 0 heterocycles. The third kappa shape index (κ3) is 62.8. The molecule has 0 saturated heterocycles. The molecule has 0 atom stereocenters. The van der Waals surface area contributed by atoms with E-state index >= 15 is 0 Å². The van der Waals surface area contributed by atoms with Gasteiger partial charge in [-0.3, -0.25) is 0 Å². The zero-order chi connectivity index (χ0) is 7.70. The maximum Gasteiger partial charge on any atom is 0.0992 e.